The minimum absolute atomic E-state index is 0.103. The van der Waals surface area contributed by atoms with Crippen molar-refractivity contribution in [3.05, 3.63) is 29.6 Å². The molecule has 1 unspecified atom stereocenters. The van der Waals surface area contributed by atoms with Gasteiger partial charge in [0, 0.05) is 18.7 Å². The Morgan fingerprint density at radius 2 is 2.33 bits per heavy atom. The number of phenols is 1. The van der Waals surface area contributed by atoms with Crippen molar-refractivity contribution in [2.75, 3.05) is 6.54 Å². The van der Waals surface area contributed by atoms with E-state index in [-0.39, 0.29) is 23.9 Å². The van der Waals surface area contributed by atoms with Crippen molar-refractivity contribution in [3.8, 4) is 5.75 Å². The molecule has 4 nitrogen and oxygen atoms in total. The van der Waals surface area contributed by atoms with Crippen LogP contribution in [0.2, 0.25) is 0 Å². The topological polar surface area (TPSA) is 75.3 Å². The Morgan fingerprint density at radius 3 is 2.87 bits per heavy atom. The molecule has 1 atom stereocenters. The smallest absolute Gasteiger partial charge is 0.254 e. The number of aromatic hydroxyl groups is 1. The third kappa shape index (κ3) is 3.21. The van der Waals surface area contributed by atoms with Crippen molar-refractivity contribution in [2.24, 2.45) is 5.73 Å². The molecule has 15 heavy (non-hydrogen) atoms. The van der Waals surface area contributed by atoms with Gasteiger partial charge in [0.15, 0.2) is 0 Å². The molecule has 0 aliphatic heterocycles. The maximum atomic E-state index is 13.2. The summed E-state index contributed by atoms with van der Waals surface area (Å²) in [6, 6.07) is 3.18. The molecule has 0 fully saturated rings. The third-order valence-electron chi connectivity index (χ3n) is 1.78. The lowest BCUT2D eigenvalue weighted by Crippen LogP contribution is -2.35. The summed E-state index contributed by atoms with van der Waals surface area (Å²) >= 11 is 0. The molecular weight excluding hydrogens is 199 g/mol. The van der Waals surface area contributed by atoms with Crippen LogP contribution >= 0.6 is 0 Å². The van der Waals surface area contributed by atoms with Gasteiger partial charge in [0.05, 0.1) is 5.56 Å². The second-order valence-electron chi connectivity index (χ2n) is 3.35. The fourth-order valence-electron chi connectivity index (χ4n) is 1.04. The van der Waals surface area contributed by atoms with Crippen molar-refractivity contribution in [3.63, 3.8) is 0 Å². The predicted molar refractivity (Wildman–Crippen MR) is 54.0 cm³/mol. The normalized spacial score (nSPS) is 12.2. The molecule has 0 aliphatic carbocycles. The van der Waals surface area contributed by atoms with Crippen LogP contribution in [0.1, 0.15) is 17.3 Å². The molecule has 82 valence electrons. The van der Waals surface area contributed by atoms with E-state index in [2.05, 4.69) is 5.32 Å². The minimum atomic E-state index is -0.753. The number of halogens is 1. The zero-order valence-electron chi connectivity index (χ0n) is 8.33. The monoisotopic (exact) mass is 212 g/mol. The molecule has 1 amide bonds. The molecule has 1 aromatic rings. The average Bonchev–Trinajstić information content (AvgIpc) is 2.14. The number of carbonyl (C=O) groups excluding carboxylic acids is 1. The zero-order chi connectivity index (χ0) is 11.4. The fraction of sp³-hybridized carbons (Fsp3) is 0.300. The van der Waals surface area contributed by atoms with E-state index in [1.54, 1.807) is 6.92 Å². The lowest BCUT2D eigenvalue weighted by Gasteiger charge is -2.08. The van der Waals surface area contributed by atoms with Crippen molar-refractivity contribution in [2.45, 2.75) is 13.0 Å². The van der Waals surface area contributed by atoms with Gasteiger partial charge in [-0.3, -0.25) is 4.79 Å². The van der Waals surface area contributed by atoms with Gasteiger partial charge in [0.25, 0.3) is 5.91 Å². The molecule has 1 aromatic carbocycles. The van der Waals surface area contributed by atoms with Crippen LogP contribution in [0.15, 0.2) is 18.2 Å². The molecule has 0 bridgehead atoms. The van der Waals surface area contributed by atoms with Crippen LogP contribution in [-0.4, -0.2) is 23.6 Å². The van der Waals surface area contributed by atoms with E-state index in [0.717, 1.165) is 6.07 Å². The Morgan fingerprint density at radius 1 is 1.67 bits per heavy atom. The lowest BCUT2D eigenvalue weighted by atomic mass is 10.2. The summed E-state index contributed by atoms with van der Waals surface area (Å²) in [7, 11) is 0. The van der Waals surface area contributed by atoms with Crippen LogP contribution in [0.25, 0.3) is 0 Å². The predicted octanol–water partition coefficient (Wildman–Crippen LogP) is 0.608. The van der Waals surface area contributed by atoms with Gasteiger partial charge in [-0.2, -0.15) is 0 Å². The maximum absolute atomic E-state index is 13.2. The summed E-state index contributed by atoms with van der Waals surface area (Å²) in [5, 5.41) is 11.4. The van der Waals surface area contributed by atoms with Crippen LogP contribution in [0, 0.1) is 5.82 Å². The van der Waals surface area contributed by atoms with E-state index in [9.17, 15) is 9.18 Å². The summed E-state index contributed by atoms with van der Waals surface area (Å²) < 4.78 is 13.2. The summed E-state index contributed by atoms with van der Waals surface area (Å²) in [5.41, 5.74) is 5.33. The SMILES string of the molecule is CC(N)CNC(=O)c1ccc(O)cc1F. The van der Waals surface area contributed by atoms with Crippen LogP contribution in [0.5, 0.6) is 5.75 Å². The highest BCUT2D eigenvalue weighted by atomic mass is 19.1. The fourth-order valence-corrected chi connectivity index (χ4v) is 1.04. The summed E-state index contributed by atoms with van der Waals surface area (Å²) in [6.45, 7) is 2.01. The number of rotatable bonds is 3. The first-order valence-electron chi connectivity index (χ1n) is 4.53. The Hall–Kier alpha value is -1.62. The second kappa shape index (κ2) is 4.75. The minimum Gasteiger partial charge on any atom is -0.508 e. The Labute approximate surface area is 86.9 Å². The first kappa shape index (κ1) is 11.5. The first-order chi connectivity index (χ1) is 7.00. The molecular formula is C10H13FN2O2. The Bertz CT molecular complexity index is 366. The molecule has 1 rings (SSSR count). The molecule has 4 N–H and O–H groups in total. The number of hydrogen-bond acceptors (Lipinski definition) is 3. The summed E-state index contributed by atoms with van der Waals surface area (Å²) in [5.74, 6) is -1.50. The molecule has 0 radical (unpaired) electrons. The van der Waals surface area contributed by atoms with Crippen molar-refractivity contribution >= 4 is 5.91 Å². The van der Waals surface area contributed by atoms with E-state index in [1.807, 2.05) is 0 Å². The van der Waals surface area contributed by atoms with E-state index in [0.29, 0.717) is 0 Å². The summed E-state index contributed by atoms with van der Waals surface area (Å²) in [6.07, 6.45) is 0. The highest BCUT2D eigenvalue weighted by molar-refractivity contribution is 5.94. The highest BCUT2D eigenvalue weighted by Gasteiger charge is 2.11. The average molecular weight is 212 g/mol. The number of hydrogen-bond donors (Lipinski definition) is 3. The van der Waals surface area contributed by atoms with Gasteiger partial charge >= 0.3 is 0 Å². The van der Waals surface area contributed by atoms with Crippen LogP contribution in [0.3, 0.4) is 0 Å². The number of benzene rings is 1. The van der Waals surface area contributed by atoms with Crippen molar-refractivity contribution in [1.29, 1.82) is 0 Å². The van der Waals surface area contributed by atoms with E-state index in [1.165, 1.54) is 12.1 Å². The van der Waals surface area contributed by atoms with Gasteiger partial charge in [-0.15, -0.1) is 0 Å². The van der Waals surface area contributed by atoms with Crippen molar-refractivity contribution < 1.29 is 14.3 Å². The zero-order valence-corrected chi connectivity index (χ0v) is 8.33. The van der Waals surface area contributed by atoms with Gasteiger partial charge in [0.2, 0.25) is 0 Å². The molecule has 0 heterocycles. The molecule has 0 spiro atoms. The molecule has 5 heteroatoms. The number of phenolic OH excluding ortho intramolecular Hbond substituents is 1. The molecule has 0 saturated heterocycles. The number of nitrogens with two attached hydrogens (primary N) is 1. The van der Waals surface area contributed by atoms with E-state index in [4.69, 9.17) is 10.8 Å². The van der Waals surface area contributed by atoms with Gasteiger partial charge in [-0.05, 0) is 19.1 Å². The van der Waals surface area contributed by atoms with Crippen LogP contribution in [0.4, 0.5) is 4.39 Å². The second-order valence-corrected chi connectivity index (χ2v) is 3.35. The van der Waals surface area contributed by atoms with E-state index < -0.39 is 11.7 Å². The molecule has 0 aliphatic rings. The lowest BCUT2D eigenvalue weighted by molar-refractivity contribution is 0.0947. The molecule has 0 aromatic heterocycles. The number of carbonyl (C=O) groups is 1. The summed E-state index contributed by atoms with van der Waals surface area (Å²) in [4.78, 5) is 11.4. The maximum Gasteiger partial charge on any atom is 0.254 e. The van der Waals surface area contributed by atoms with Gasteiger partial charge < -0.3 is 16.2 Å². The first-order valence-corrected chi connectivity index (χ1v) is 4.53. The standard InChI is InChI=1S/C10H13FN2O2/c1-6(12)5-13-10(15)8-3-2-7(14)4-9(8)11/h2-4,6,14H,5,12H2,1H3,(H,13,15). The Balaban J connectivity index is 2.74. The molecule has 0 saturated carbocycles. The Kier molecular flexibility index (Phi) is 3.62. The van der Waals surface area contributed by atoms with Crippen LogP contribution < -0.4 is 11.1 Å². The van der Waals surface area contributed by atoms with Gasteiger partial charge in [0.1, 0.15) is 11.6 Å². The van der Waals surface area contributed by atoms with E-state index >= 15 is 0 Å². The van der Waals surface area contributed by atoms with Gasteiger partial charge in [-0.25, -0.2) is 4.39 Å². The van der Waals surface area contributed by atoms with Crippen LogP contribution in [-0.2, 0) is 0 Å². The largest absolute Gasteiger partial charge is 0.508 e. The number of nitrogens with one attached hydrogen (secondary N) is 1. The quantitative estimate of drug-likeness (QED) is 0.687. The van der Waals surface area contributed by atoms with Crippen molar-refractivity contribution in [1.82, 2.24) is 5.32 Å². The van der Waals surface area contributed by atoms with Gasteiger partial charge in [-0.1, -0.05) is 0 Å². The number of amides is 1. The highest BCUT2D eigenvalue weighted by Crippen LogP contribution is 2.14. The third-order valence-corrected chi connectivity index (χ3v) is 1.78.